The van der Waals surface area contributed by atoms with Gasteiger partial charge in [0.25, 0.3) is 0 Å². The lowest BCUT2D eigenvalue weighted by molar-refractivity contribution is -0.235. The number of rotatable bonds is 2. The van der Waals surface area contributed by atoms with Crippen LogP contribution in [0.3, 0.4) is 0 Å². The fraction of sp³-hybridized carbons (Fsp3) is 0.889. The zero-order valence-corrected chi connectivity index (χ0v) is 16.6. The summed E-state index contributed by atoms with van der Waals surface area (Å²) in [6.45, 7) is 11.4. The SMILES string of the molecule is CC(C)(C)[Si](C)(C)O[C@@]12CCC[C@H](O1)[C@H]1CCCCC1=C2Cl. The second-order valence-corrected chi connectivity index (χ2v) is 14.0. The van der Waals surface area contributed by atoms with Crippen molar-refractivity contribution in [2.24, 2.45) is 5.92 Å². The molecule has 0 amide bonds. The lowest BCUT2D eigenvalue weighted by atomic mass is 9.74. The Morgan fingerprint density at radius 3 is 2.59 bits per heavy atom. The standard InChI is InChI=1S/C18H31ClO2Si/c1-17(2,3)22(4,5)21-18-12-8-11-15(20-18)13-9-6-7-10-14(13)16(18)19/h13,15H,6-12H2,1-5H3/t13-,15-,18+/m0/s1. The van der Waals surface area contributed by atoms with Gasteiger partial charge < -0.3 is 9.16 Å². The molecule has 0 spiro atoms. The number of hydrogen-bond acceptors (Lipinski definition) is 2. The Kier molecular flexibility index (Phi) is 4.34. The lowest BCUT2D eigenvalue weighted by Gasteiger charge is -2.54. The number of hydrogen-bond donors (Lipinski definition) is 0. The van der Waals surface area contributed by atoms with Gasteiger partial charge in [-0.15, -0.1) is 0 Å². The third kappa shape index (κ3) is 2.72. The second-order valence-electron chi connectivity index (χ2n) is 8.86. The fourth-order valence-electron chi connectivity index (χ4n) is 4.00. The smallest absolute Gasteiger partial charge is 0.196 e. The molecule has 2 aliphatic heterocycles. The number of halogens is 1. The Morgan fingerprint density at radius 2 is 1.91 bits per heavy atom. The van der Waals surface area contributed by atoms with Gasteiger partial charge in [-0.3, -0.25) is 0 Å². The molecule has 22 heavy (non-hydrogen) atoms. The van der Waals surface area contributed by atoms with Crippen LogP contribution in [-0.4, -0.2) is 20.2 Å². The molecule has 0 aromatic rings. The van der Waals surface area contributed by atoms with Crippen molar-refractivity contribution < 1.29 is 9.16 Å². The van der Waals surface area contributed by atoms with E-state index in [1.54, 1.807) is 0 Å². The van der Waals surface area contributed by atoms with Gasteiger partial charge in [0.2, 0.25) is 0 Å². The Morgan fingerprint density at radius 1 is 1.18 bits per heavy atom. The van der Waals surface area contributed by atoms with Crippen molar-refractivity contribution in [3.8, 4) is 0 Å². The molecule has 3 aliphatic rings. The first kappa shape index (κ1) is 17.0. The van der Waals surface area contributed by atoms with E-state index in [-0.39, 0.29) is 5.04 Å². The highest BCUT2D eigenvalue weighted by Crippen LogP contribution is 2.54. The number of ether oxygens (including phenoxy) is 1. The molecule has 3 rings (SSSR count). The summed E-state index contributed by atoms with van der Waals surface area (Å²) < 4.78 is 13.3. The van der Waals surface area contributed by atoms with Crippen molar-refractivity contribution in [2.75, 3.05) is 0 Å². The summed E-state index contributed by atoms with van der Waals surface area (Å²) in [6.07, 6.45) is 8.56. The van der Waals surface area contributed by atoms with Crippen LogP contribution < -0.4 is 0 Å². The van der Waals surface area contributed by atoms with E-state index in [1.807, 2.05) is 0 Å². The van der Waals surface area contributed by atoms with Gasteiger partial charge in [0, 0.05) is 12.3 Å². The van der Waals surface area contributed by atoms with E-state index in [4.69, 9.17) is 20.8 Å². The van der Waals surface area contributed by atoms with Crippen LogP contribution in [0.5, 0.6) is 0 Å². The maximum Gasteiger partial charge on any atom is 0.196 e. The predicted molar refractivity (Wildman–Crippen MR) is 94.6 cm³/mol. The first-order valence-electron chi connectivity index (χ1n) is 8.93. The van der Waals surface area contributed by atoms with Crippen molar-refractivity contribution in [1.29, 1.82) is 0 Å². The summed E-state index contributed by atoms with van der Waals surface area (Å²) in [6, 6.07) is 0. The van der Waals surface area contributed by atoms with Crippen molar-refractivity contribution in [2.45, 2.75) is 95.7 Å². The van der Waals surface area contributed by atoms with Gasteiger partial charge in [-0.25, -0.2) is 0 Å². The first-order valence-corrected chi connectivity index (χ1v) is 12.2. The predicted octanol–water partition coefficient (Wildman–Crippen LogP) is 5.97. The summed E-state index contributed by atoms with van der Waals surface area (Å²) in [5, 5.41) is 1.08. The Hall–Kier alpha value is 0.167. The van der Waals surface area contributed by atoms with E-state index >= 15 is 0 Å². The summed E-state index contributed by atoms with van der Waals surface area (Å²) >= 11 is 6.92. The minimum Gasteiger partial charge on any atom is -0.386 e. The largest absolute Gasteiger partial charge is 0.386 e. The van der Waals surface area contributed by atoms with E-state index < -0.39 is 14.1 Å². The molecule has 2 fully saturated rings. The van der Waals surface area contributed by atoms with Crippen molar-refractivity contribution in [1.82, 2.24) is 0 Å². The van der Waals surface area contributed by atoms with Crippen molar-refractivity contribution in [3.63, 3.8) is 0 Å². The summed E-state index contributed by atoms with van der Waals surface area (Å²) in [4.78, 5) is 0. The summed E-state index contributed by atoms with van der Waals surface area (Å²) in [5.74, 6) is -0.0749. The van der Waals surface area contributed by atoms with Crippen LogP contribution >= 0.6 is 11.6 Å². The molecule has 1 aliphatic carbocycles. The molecule has 0 aromatic heterocycles. The fourth-order valence-corrected chi connectivity index (χ4v) is 5.85. The van der Waals surface area contributed by atoms with E-state index in [2.05, 4.69) is 33.9 Å². The van der Waals surface area contributed by atoms with Gasteiger partial charge in [0.05, 0.1) is 11.1 Å². The van der Waals surface area contributed by atoms with Gasteiger partial charge in [-0.05, 0) is 55.8 Å². The Labute approximate surface area is 141 Å². The second kappa shape index (κ2) is 5.61. The number of fused-ring (bicyclic) bond motifs is 4. The Balaban J connectivity index is 1.97. The highest BCUT2D eigenvalue weighted by atomic mass is 35.5. The molecule has 0 N–H and O–H groups in total. The molecule has 2 bridgehead atoms. The van der Waals surface area contributed by atoms with Crippen LogP contribution in [0.4, 0.5) is 0 Å². The molecule has 0 unspecified atom stereocenters. The van der Waals surface area contributed by atoms with Crippen LogP contribution in [0.15, 0.2) is 10.6 Å². The minimum atomic E-state index is -1.92. The average molecular weight is 343 g/mol. The molecular weight excluding hydrogens is 312 g/mol. The van der Waals surface area contributed by atoms with Crippen molar-refractivity contribution >= 4 is 19.9 Å². The van der Waals surface area contributed by atoms with Gasteiger partial charge >= 0.3 is 0 Å². The van der Waals surface area contributed by atoms with E-state index in [0.29, 0.717) is 12.0 Å². The topological polar surface area (TPSA) is 18.5 Å². The van der Waals surface area contributed by atoms with Gasteiger partial charge in [0.1, 0.15) is 0 Å². The highest BCUT2D eigenvalue weighted by Gasteiger charge is 2.54. The monoisotopic (exact) mass is 342 g/mol. The minimum absolute atomic E-state index is 0.170. The third-order valence-electron chi connectivity index (χ3n) is 6.29. The average Bonchev–Trinajstić information content (AvgIpc) is 2.44. The lowest BCUT2D eigenvalue weighted by Crippen LogP contribution is -2.57. The van der Waals surface area contributed by atoms with E-state index in [0.717, 1.165) is 17.9 Å². The zero-order chi connectivity index (χ0) is 16.2. The molecule has 1 saturated carbocycles. The molecule has 1 saturated heterocycles. The first-order chi connectivity index (χ1) is 10.2. The maximum absolute atomic E-state index is 6.92. The molecular formula is C18H31ClO2Si. The molecule has 0 aromatic carbocycles. The normalized spacial score (nSPS) is 36.3. The molecule has 3 atom stereocenters. The van der Waals surface area contributed by atoms with Crippen LogP contribution in [0.25, 0.3) is 0 Å². The van der Waals surface area contributed by atoms with Crippen LogP contribution in [0.2, 0.25) is 18.1 Å². The quantitative estimate of drug-likeness (QED) is 0.575. The summed E-state index contributed by atoms with van der Waals surface area (Å²) in [5.41, 5.74) is 1.46. The summed E-state index contributed by atoms with van der Waals surface area (Å²) in [7, 11) is -1.92. The molecule has 2 nitrogen and oxygen atoms in total. The van der Waals surface area contributed by atoms with E-state index in [1.165, 1.54) is 37.7 Å². The van der Waals surface area contributed by atoms with Gasteiger partial charge in [-0.2, -0.15) is 0 Å². The molecule has 4 heteroatoms. The Bertz CT molecular complexity index is 480. The zero-order valence-electron chi connectivity index (χ0n) is 14.8. The van der Waals surface area contributed by atoms with Crippen LogP contribution in [0, 0.1) is 5.92 Å². The molecule has 126 valence electrons. The maximum atomic E-state index is 6.92. The van der Waals surface area contributed by atoms with Crippen LogP contribution in [0.1, 0.15) is 65.7 Å². The third-order valence-corrected chi connectivity index (χ3v) is 11.3. The molecule has 2 heterocycles. The van der Waals surface area contributed by atoms with Crippen molar-refractivity contribution in [3.05, 3.63) is 10.6 Å². The van der Waals surface area contributed by atoms with E-state index in [9.17, 15) is 0 Å². The molecule has 0 radical (unpaired) electrons. The van der Waals surface area contributed by atoms with Crippen LogP contribution in [-0.2, 0) is 9.16 Å². The highest BCUT2D eigenvalue weighted by molar-refractivity contribution is 6.74. The van der Waals surface area contributed by atoms with Gasteiger partial charge in [0.15, 0.2) is 14.1 Å². The van der Waals surface area contributed by atoms with Gasteiger partial charge in [-0.1, -0.05) is 38.8 Å².